The summed E-state index contributed by atoms with van der Waals surface area (Å²) in [6, 6.07) is 7.74. The van der Waals surface area contributed by atoms with Crippen LogP contribution in [0.2, 0.25) is 18.1 Å². The number of hydrogen-bond donors (Lipinski definition) is 0. The minimum absolute atomic E-state index is 0.229. The molecule has 1 aromatic carbocycles. The van der Waals surface area contributed by atoms with Crippen molar-refractivity contribution in [3.63, 3.8) is 0 Å². The van der Waals surface area contributed by atoms with Gasteiger partial charge in [-0.25, -0.2) is 4.79 Å². The Labute approximate surface area is 165 Å². The highest BCUT2D eigenvalue weighted by molar-refractivity contribution is 6.74. The third-order valence-corrected chi connectivity index (χ3v) is 9.54. The highest BCUT2D eigenvalue weighted by atomic mass is 28.4. The Kier molecular flexibility index (Phi) is 9.49. The van der Waals surface area contributed by atoms with E-state index in [4.69, 9.17) is 18.6 Å². The van der Waals surface area contributed by atoms with Crippen LogP contribution in [0.15, 0.2) is 24.3 Å². The number of hydrogen-bond acceptors (Lipinski definition) is 5. The van der Waals surface area contributed by atoms with Crippen LogP contribution in [0.5, 0.6) is 5.75 Å². The maximum atomic E-state index is 11.8. The number of esters is 1. The Balaban J connectivity index is 2.39. The van der Waals surface area contributed by atoms with Gasteiger partial charge in [-0.2, -0.15) is 0 Å². The fourth-order valence-electron chi connectivity index (χ4n) is 2.23. The summed E-state index contributed by atoms with van der Waals surface area (Å²) in [5.41, 5.74) is 1.00. The van der Waals surface area contributed by atoms with Crippen molar-refractivity contribution in [2.75, 3.05) is 26.9 Å². The third kappa shape index (κ3) is 8.03. The average Bonchev–Trinajstić information content (AvgIpc) is 2.59. The first-order chi connectivity index (χ1) is 12.6. The second-order valence-corrected chi connectivity index (χ2v) is 12.9. The van der Waals surface area contributed by atoms with Gasteiger partial charge in [-0.15, -0.1) is 0 Å². The van der Waals surface area contributed by atoms with Gasteiger partial charge in [0, 0.05) is 26.6 Å². The van der Waals surface area contributed by atoms with E-state index in [1.54, 1.807) is 6.92 Å². The zero-order valence-electron chi connectivity index (χ0n) is 18.0. The van der Waals surface area contributed by atoms with Gasteiger partial charge in [0.1, 0.15) is 5.75 Å². The van der Waals surface area contributed by atoms with E-state index in [0.717, 1.165) is 24.3 Å². The van der Waals surface area contributed by atoms with Gasteiger partial charge in [-0.05, 0) is 42.8 Å². The van der Waals surface area contributed by atoms with Gasteiger partial charge in [0.15, 0.2) is 14.4 Å². The maximum absolute atomic E-state index is 11.8. The molecule has 6 heteroatoms. The van der Waals surface area contributed by atoms with Gasteiger partial charge in [0.05, 0.1) is 13.2 Å². The van der Waals surface area contributed by atoms with Gasteiger partial charge < -0.3 is 18.6 Å². The predicted molar refractivity (Wildman–Crippen MR) is 111 cm³/mol. The normalized spacial score (nSPS) is 13.3. The molecular formula is C21H36O5Si. The van der Waals surface area contributed by atoms with Crippen molar-refractivity contribution < 1.29 is 23.4 Å². The molecule has 1 rings (SSSR count). The Bertz CT molecular complexity index is 563. The maximum Gasteiger partial charge on any atom is 0.335 e. The molecule has 0 bridgehead atoms. The quantitative estimate of drug-likeness (QED) is 0.311. The van der Waals surface area contributed by atoms with Crippen molar-refractivity contribution >= 4 is 14.3 Å². The van der Waals surface area contributed by atoms with Crippen LogP contribution in [0, 0.1) is 0 Å². The second-order valence-electron chi connectivity index (χ2n) is 8.14. The Hall–Kier alpha value is -1.37. The highest BCUT2D eigenvalue weighted by Gasteiger charge is 2.36. The monoisotopic (exact) mass is 396 g/mol. The van der Waals surface area contributed by atoms with Crippen LogP contribution < -0.4 is 4.74 Å². The van der Waals surface area contributed by atoms with E-state index in [9.17, 15) is 4.79 Å². The molecular weight excluding hydrogens is 360 g/mol. The van der Waals surface area contributed by atoms with E-state index in [2.05, 4.69) is 33.9 Å². The summed E-state index contributed by atoms with van der Waals surface area (Å²) in [6.07, 6.45) is 0.767. The van der Waals surface area contributed by atoms with Gasteiger partial charge in [-0.3, -0.25) is 0 Å². The molecule has 0 fully saturated rings. The fraction of sp³-hybridized carbons (Fsp3) is 0.667. The molecule has 0 unspecified atom stereocenters. The number of methoxy groups -OCH3 is 1. The lowest BCUT2D eigenvalue weighted by Gasteiger charge is -2.36. The Morgan fingerprint density at radius 2 is 1.74 bits per heavy atom. The molecule has 0 aliphatic heterocycles. The summed E-state index contributed by atoms with van der Waals surface area (Å²) in [4.78, 5) is 11.8. The van der Waals surface area contributed by atoms with Crippen molar-refractivity contribution in [2.45, 2.75) is 64.8 Å². The molecule has 0 saturated carbocycles. The van der Waals surface area contributed by atoms with Crippen LogP contribution in [0.3, 0.4) is 0 Å². The zero-order valence-corrected chi connectivity index (χ0v) is 19.0. The number of benzene rings is 1. The van der Waals surface area contributed by atoms with Crippen molar-refractivity contribution in [3.8, 4) is 5.75 Å². The molecule has 27 heavy (non-hydrogen) atoms. The molecule has 0 aromatic heterocycles. The van der Waals surface area contributed by atoms with Crippen LogP contribution in [0.1, 0.15) is 39.7 Å². The molecule has 1 aromatic rings. The lowest BCUT2D eigenvalue weighted by molar-refractivity contribution is -0.154. The topological polar surface area (TPSA) is 54.0 Å². The van der Waals surface area contributed by atoms with E-state index in [1.165, 1.54) is 7.11 Å². The molecule has 1 atom stereocenters. The van der Waals surface area contributed by atoms with Crippen LogP contribution >= 0.6 is 0 Å². The van der Waals surface area contributed by atoms with E-state index in [-0.39, 0.29) is 11.0 Å². The minimum Gasteiger partial charge on any atom is -0.494 e. The molecule has 0 saturated heterocycles. The van der Waals surface area contributed by atoms with Crippen molar-refractivity contribution in [1.82, 2.24) is 0 Å². The largest absolute Gasteiger partial charge is 0.494 e. The summed E-state index contributed by atoms with van der Waals surface area (Å²) in [6.45, 7) is 14.7. The first-order valence-corrected chi connectivity index (χ1v) is 12.6. The summed E-state index contributed by atoms with van der Waals surface area (Å²) < 4.78 is 22.2. The van der Waals surface area contributed by atoms with Gasteiger partial charge in [0.25, 0.3) is 0 Å². The molecule has 0 amide bonds. The van der Waals surface area contributed by atoms with Gasteiger partial charge in [-0.1, -0.05) is 32.9 Å². The summed E-state index contributed by atoms with van der Waals surface area (Å²) >= 11 is 0. The first kappa shape index (κ1) is 23.7. The summed E-state index contributed by atoms with van der Waals surface area (Å²) in [5.74, 6) is 0.484. The minimum atomic E-state index is -1.68. The molecule has 0 spiro atoms. The lowest BCUT2D eigenvalue weighted by atomic mass is 10.1. The Morgan fingerprint density at radius 3 is 2.26 bits per heavy atom. The van der Waals surface area contributed by atoms with Crippen molar-refractivity contribution in [2.24, 2.45) is 0 Å². The predicted octanol–water partition coefficient (Wildman–Crippen LogP) is 4.60. The SMILES string of the molecule is CCOC(=O)[C@H](Cc1ccc(OCCCO[Si](C)(C)C(C)(C)C)cc1)OC. The molecule has 0 aliphatic carbocycles. The van der Waals surface area contributed by atoms with Crippen molar-refractivity contribution in [3.05, 3.63) is 29.8 Å². The highest BCUT2D eigenvalue weighted by Crippen LogP contribution is 2.36. The number of carbonyl (C=O) groups is 1. The van der Waals surface area contributed by atoms with E-state index >= 15 is 0 Å². The molecule has 0 aliphatic rings. The molecule has 0 N–H and O–H groups in total. The van der Waals surface area contributed by atoms with E-state index < -0.39 is 14.4 Å². The van der Waals surface area contributed by atoms with E-state index in [0.29, 0.717) is 19.6 Å². The molecule has 154 valence electrons. The van der Waals surface area contributed by atoms with Gasteiger partial charge >= 0.3 is 5.97 Å². The smallest absolute Gasteiger partial charge is 0.335 e. The van der Waals surface area contributed by atoms with Gasteiger partial charge in [0.2, 0.25) is 0 Å². The van der Waals surface area contributed by atoms with Crippen LogP contribution in [-0.2, 0) is 25.1 Å². The number of carbonyl (C=O) groups excluding carboxylic acids is 1. The zero-order chi connectivity index (χ0) is 20.5. The van der Waals surface area contributed by atoms with E-state index in [1.807, 2.05) is 24.3 Å². The Morgan fingerprint density at radius 1 is 1.11 bits per heavy atom. The lowest BCUT2D eigenvalue weighted by Crippen LogP contribution is -2.41. The van der Waals surface area contributed by atoms with Crippen LogP contribution in [0.25, 0.3) is 0 Å². The number of ether oxygens (including phenoxy) is 3. The van der Waals surface area contributed by atoms with Crippen LogP contribution in [0.4, 0.5) is 0 Å². The molecule has 5 nitrogen and oxygen atoms in total. The molecule has 0 heterocycles. The summed E-state index contributed by atoms with van der Waals surface area (Å²) in [7, 11) is -0.163. The standard InChI is InChI=1S/C21H36O5Si/c1-8-24-20(22)19(23-5)16-17-10-12-18(13-11-17)25-14-9-15-26-27(6,7)21(2,3)4/h10-13,19H,8-9,14-16H2,1-7H3/t19-/m0/s1. The first-order valence-electron chi connectivity index (χ1n) is 9.66. The third-order valence-electron chi connectivity index (χ3n) is 5.00. The number of rotatable bonds is 11. The van der Waals surface area contributed by atoms with Crippen LogP contribution in [-0.4, -0.2) is 47.3 Å². The summed E-state index contributed by atoms with van der Waals surface area (Å²) in [5, 5.41) is 0.229. The second kappa shape index (κ2) is 10.8. The fourth-order valence-corrected chi connectivity index (χ4v) is 3.31. The average molecular weight is 397 g/mol. The molecule has 0 radical (unpaired) electrons. The van der Waals surface area contributed by atoms with Crippen molar-refractivity contribution in [1.29, 1.82) is 0 Å².